The first-order valence-corrected chi connectivity index (χ1v) is 6.56. The number of aryl methyl sites for hydroxylation is 2. The van der Waals surface area contributed by atoms with Gasteiger partial charge in [-0.15, -0.1) is 11.3 Å². The highest BCUT2D eigenvalue weighted by atomic mass is 32.1. The lowest BCUT2D eigenvalue weighted by atomic mass is 10.1. The van der Waals surface area contributed by atoms with Gasteiger partial charge in [0.05, 0.1) is 25.5 Å². The zero-order valence-corrected chi connectivity index (χ0v) is 12.1. The Morgan fingerprint density at radius 1 is 1.06 bits per heavy atom. The summed E-state index contributed by atoms with van der Waals surface area (Å²) in [7, 11) is 3.34. The van der Waals surface area contributed by atoms with Crippen LogP contribution in [0.3, 0.4) is 0 Å². The molecule has 2 rings (SSSR count). The van der Waals surface area contributed by atoms with Gasteiger partial charge in [0.2, 0.25) is 0 Å². The monoisotopic (exact) mass is 263 g/mol. The van der Waals surface area contributed by atoms with Crippen molar-refractivity contribution in [3.63, 3.8) is 0 Å². The zero-order chi connectivity index (χ0) is 13.3. The summed E-state index contributed by atoms with van der Waals surface area (Å²) in [6.45, 7) is 6.10. The molecule has 18 heavy (non-hydrogen) atoms. The number of hydrogen-bond donors (Lipinski definition) is 0. The Kier molecular flexibility index (Phi) is 3.57. The van der Waals surface area contributed by atoms with Crippen LogP contribution in [-0.4, -0.2) is 19.2 Å². The Labute approximate surface area is 111 Å². The number of hydrogen-bond acceptors (Lipinski definition) is 4. The minimum atomic E-state index is 0.834. The second-order valence-corrected chi connectivity index (χ2v) is 5.34. The zero-order valence-electron chi connectivity index (χ0n) is 11.3. The quantitative estimate of drug-likeness (QED) is 0.845. The van der Waals surface area contributed by atoms with Crippen LogP contribution in [0.5, 0.6) is 11.5 Å². The van der Waals surface area contributed by atoms with E-state index in [4.69, 9.17) is 9.47 Å². The Balaban J connectivity index is 2.61. The van der Waals surface area contributed by atoms with Crippen molar-refractivity contribution in [2.45, 2.75) is 20.8 Å². The molecule has 0 atom stereocenters. The van der Waals surface area contributed by atoms with Gasteiger partial charge in [0.25, 0.3) is 0 Å². The summed E-state index contributed by atoms with van der Waals surface area (Å²) in [5, 5.41) is 0.993. The fourth-order valence-corrected chi connectivity index (χ4v) is 2.85. The second-order valence-electron chi connectivity index (χ2n) is 4.13. The molecule has 4 heteroatoms. The highest BCUT2D eigenvalue weighted by molar-refractivity contribution is 7.15. The van der Waals surface area contributed by atoms with Gasteiger partial charge in [0.1, 0.15) is 16.5 Å². The molecule has 0 fully saturated rings. The third-order valence-electron chi connectivity index (χ3n) is 3.04. The largest absolute Gasteiger partial charge is 0.496 e. The van der Waals surface area contributed by atoms with E-state index in [1.165, 1.54) is 4.88 Å². The van der Waals surface area contributed by atoms with E-state index < -0.39 is 0 Å². The molecule has 1 aromatic carbocycles. The van der Waals surface area contributed by atoms with Gasteiger partial charge in [-0.25, -0.2) is 4.98 Å². The first-order valence-electron chi connectivity index (χ1n) is 5.74. The van der Waals surface area contributed by atoms with Crippen molar-refractivity contribution in [2.75, 3.05) is 14.2 Å². The molecule has 96 valence electrons. The number of thiazole rings is 1. The molecule has 0 aliphatic heterocycles. The van der Waals surface area contributed by atoms with Crippen LogP contribution in [-0.2, 0) is 0 Å². The predicted molar refractivity (Wildman–Crippen MR) is 74.9 cm³/mol. The van der Waals surface area contributed by atoms with E-state index in [9.17, 15) is 0 Å². The molecular formula is C14H17NO2S. The lowest BCUT2D eigenvalue weighted by Crippen LogP contribution is -1.95. The van der Waals surface area contributed by atoms with Gasteiger partial charge in [0, 0.05) is 10.4 Å². The summed E-state index contributed by atoms with van der Waals surface area (Å²) >= 11 is 1.69. The molecule has 0 unspecified atom stereocenters. The Morgan fingerprint density at radius 3 is 2.28 bits per heavy atom. The van der Waals surface area contributed by atoms with Crippen molar-refractivity contribution in [1.29, 1.82) is 0 Å². The van der Waals surface area contributed by atoms with Crippen LogP contribution in [0.25, 0.3) is 10.6 Å². The summed E-state index contributed by atoms with van der Waals surface area (Å²) in [6, 6.07) is 3.96. The van der Waals surface area contributed by atoms with E-state index in [0.717, 1.165) is 33.3 Å². The van der Waals surface area contributed by atoms with Crippen molar-refractivity contribution in [3.05, 3.63) is 28.3 Å². The van der Waals surface area contributed by atoms with E-state index in [2.05, 4.69) is 11.9 Å². The Bertz CT molecular complexity index is 556. The average molecular weight is 263 g/mol. The maximum Gasteiger partial charge on any atom is 0.135 e. The number of nitrogens with zero attached hydrogens (tertiary/aromatic N) is 1. The molecule has 0 saturated heterocycles. The van der Waals surface area contributed by atoms with Crippen molar-refractivity contribution in [2.24, 2.45) is 0 Å². The van der Waals surface area contributed by atoms with Gasteiger partial charge < -0.3 is 9.47 Å². The molecule has 0 aliphatic rings. The number of ether oxygens (including phenoxy) is 2. The van der Waals surface area contributed by atoms with Gasteiger partial charge in [-0.2, -0.15) is 0 Å². The van der Waals surface area contributed by atoms with E-state index in [0.29, 0.717) is 0 Å². The summed E-state index contributed by atoms with van der Waals surface area (Å²) in [5.41, 5.74) is 3.10. The van der Waals surface area contributed by atoms with Crippen LogP contribution >= 0.6 is 11.3 Å². The molecule has 0 aliphatic carbocycles. The molecule has 0 N–H and O–H groups in total. The molecule has 0 bridgehead atoms. The SMILES string of the molecule is COc1ccc(-c2nc(C)c(C)s2)c(OC)c1C. The molecule has 1 aromatic heterocycles. The van der Waals surface area contributed by atoms with Gasteiger partial charge in [0.15, 0.2) is 0 Å². The summed E-state index contributed by atoms with van der Waals surface area (Å²) in [6.07, 6.45) is 0. The lowest BCUT2D eigenvalue weighted by Gasteiger charge is -2.12. The van der Waals surface area contributed by atoms with Crippen LogP contribution < -0.4 is 9.47 Å². The lowest BCUT2D eigenvalue weighted by molar-refractivity contribution is 0.390. The highest BCUT2D eigenvalue weighted by Crippen LogP contribution is 2.39. The third kappa shape index (κ3) is 2.08. The van der Waals surface area contributed by atoms with E-state index >= 15 is 0 Å². The smallest absolute Gasteiger partial charge is 0.135 e. The number of methoxy groups -OCH3 is 2. The van der Waals surface area contributed by atoms with Gasteiger partial charge >= 0.3 is 0 Å². The normalized spacial score (nSPS) is 10.5. The number of aromatic nitrogens is 1. The van der Waals surface area contributed by atoms with Crippen LogP contribution in [0.4, 0.5) is 0 Å². The molecule has 0 spiro atoms. The number of rotatable bonds is 3. The van der Waals surface area contributed by atoms with Crippen molar-refractivity contribution >= 4 is 11.3 Å². The number of benzene rings is 1. The van der Waals surface area contributed by atoms with E-state index in [-0.39, 0.29) is 0 Å². The maximum atomic E-state index is 5.51. The van der Waals surface area contributed by atoms with Crippen molar-refractivity contribution < 1.29 is 9.47 Å². The molecule has 3 nitrogen and oxygen atoms in total. The molecular weight excluding hydrogens is 246 g/mol. The van der Waals surface area contributed by atoms with Crippen LogP contribution in [0.15, 0.2) is 12.1 Å². The molecule has 2 aromatic rings. The highest BCUT2D eigenvalue weighted by Gasteiger charge is 2.16. The van der Waals surface area contributed by atoms with E-state index in [1.807, 2.05) is 26.0 Å². The summed E-state index contributed by atoms with van der Waals surface area (Å²) in [4.78, 5) is 5.82. The van der Waals surface area contributed by atoms with Crippen LogP contribution in [0.2, 0.25) is 0 Å². The third-order valence-corrected chi connectivity index (χ3v) is 4.15. The minimum Gasteiger partial charge on any atom is -0.496 e. The van der Waals surface area contributed by atoms with Gasteiger partial charge in [-0.05, 0) is 32.9 Å². The fourth-order valence-electron chi connectivity index (χ4n) is 1.91. The van der Waals surface area contributed by atoms with E-state index in [1.54, 1.807) is 25.6 Å². The van der Waals surface area contributed by atoms with Crippen LogP contribution in [0, 0.1) is 20.8 Å². The van der Waals surface area contributed by atoms with Crippen molar-refractivity contribution in [1.82, 2.24) is 4.98 Å². The Hall–Kier alpha value is -1.55. The molecule has 1 heterocycles. The minimum absolute atomic E-state index is 0.834. The Morgan fingerprint density at radius 2 is 1.78 bits per heavy atom. The maximum absolute atomic E-state index is 5.51. The fraction of sp³-hybridized carbons (Fsp3) is 0.357. The van der Waals surface area contributed by atoms with Gasteiger partial charge in [-0.3, -0.25) is 0 Å². The summed E-state index contributed by atoms with van der Waals surface area (Å²) in [5.74, 6) is 1.67. The standard InChI is InChI=1S/C14H17NO2S/c1-8-12(16-4)7-6-11(13(8)17-5)14-15-9(2)10(3)18-14/h6-7H,1-5H3. The van der Waals surface area contributed by atoms with Gasteiger partial charge in [-0.1, -0.05) is 0 Å². The first-order chi connectivity index (χ1) is 8.58. The topological polar surface area (TPSA) is 31.4 Å². The predicted octanol–water partition coefficient (Wildman–Crippen LogP) is 3.75. The van der Waals surface area contributed by atoms with Crippen molar-refractivity contribution in [3.8, 4) is 22.1 Å². The average Bonchev–Trinajstić information content (AvgIpc) is 2.69. The first kappa shape index (κ1) is 12.9. The molecule has 0 amide bonds. The second kappa shape index (κ2) is 4.98. The molecule has 0 radical (unpaired) electrons. The summed E-state index contributed by atoms with van der Waals surface area (Å²) < 4.78 is 10.8. The van der Waals surface area contributed by atoms with Crippen LogP contribution in [0.1, 0.15) is 16.1 Å². The molecule has 0 saturated carbocycles.